The Kier molecular flexibility index (Phi) is 4.09. The summed E-state index contributed by atoms with van der Waals surface area (Å²) < 4.78 is 10.5. The van der Waals surface area contributed by atoms with Gasteiger partial charge in [0.15, 0.2) is 11.5 Å². The summed E-state index contributed by atoms with van der Waals surface area (Å²) in [5.74, 6) is -0.441. The SMILES string of the molecule is CCOC(=O)C(=O)N1CCC(c2nc3ccccc3o2)CC1. The van der Waals surface area contributed by atoms with E-state index in [9.17, 15) is 9.59 Å². The maximum Gasteiger partial charge on any atom is 0.397 e. The maximum absolute atomic E-state index is 11.9. The zero-order valence-corrected chi connectivity index (χ0v) is 12.4. The number of para-hydroxylation sites is 2. The highest BCUT2D eigenvalue weighted by atomic mass is 16.5. The van der Waals surface area contributed by atoms with Crippen LogP contribution in [0.25, 0.3) is 11.1 Å². The quantitative estimate of drug-likeness (QED) is 0.627. The van der Waals surface area contributed by atoms with Crippen LogP contribution >= 0.6 is 0 Å². The van der Waals surface area contributed by atoms with Crippen LogP contribution in [0.2, 0.25) is 0 Å². The molecule has 0 saturated carbocycles. The average molecular weight is 302 g/mol. The summed E-state index contributed by atoms with van der Waals surface area (Å²) in [6.45, 7) is 2.93. The normalized spacial score (nSPS) is 16.0. The predicted octanol–water partition coefficient (Wildman–Crippen LogP) is 2.10. The highest BCUT2D eigenvalue weighted by Crippen LogP contribution is 2.29. The molecule has 1 aromatic heterocycles. The van der Waals surface area contributed by atoms with E-state index in [2.05, 4.69) is 4.98 Å². The summed E-state index contributed by atoms with van der Waals surface area (Å²) in [5, 5.41) is 0. The van der Waals surface area contributed by atoms with Gasteiger partial charge in [-0.15, -0.1) is 0 Å². The number of esters is 1. The van der Waals surface area contributed by atoms with Gasteiger partial charge in [0.1, 0.15) is 5.52 Å². The first-order chi connectivity index (χ1) is 10.7. The lowest BCUT2D eigenvalue weighted by Crippen LogP contribution is -2.42. The molecule has 0 atom stereocenters. The van der Waals surface area contributed by atoms with E-state index in [0.717, 1.165) is 23.9 Å². The molecule has 0 unspecified atom stereocenters. The van der Waals surface area contributed by atoms with Gasteiger partial charge < -0.3 is 14.1 Å². The lowest BCUT2D eigenvalue weighted by molar-refractivity contribution is -0.160. The van der Waals surface area contributed by atoms with Gasteiger partial charge in [0, 0.05) is 19.0 Å². The van der Waals surface area contributed by atoms with Crippen molar-refractivity contribution in [1.82, 2.24) is 9.88 Å². The van der Waals surface area contributed by atoms with Crippen LogP contribution in [0.5, 0.6) is 0 Å². The molecule has 116 valence electrons. The first-order valence-electron chi connectivity index (χ1n) is 7.50. The van der Waals surface area contributed by atoms with Gasteiger partial charge in [0.25, 0.3) is 0 Å². The number of likely N-dealkylation sites (tertiary alicyclic amines) is 1. The highest BCUT2D eigenvalue weighted by molar-refractivity contribution is 6.32. The second kappa shape index (κ2) is 6.17. The number of oxazole rings is 1. The Balaban J connectivity index is 1.64. The molecule has 0 N–H and O–H groups in total. The third-order valence-electron chi connectivity index (χ3n) is 3.89. The minimum atomic E-state index is -0.775. The minimum absolute atomic E-state index is 0.179. The largest absolute Gasteiger partial charge is 0.459 e. The smallest absolute Gasteiger partial charge is 0.397 e. The third-order valence-corrected chi connectivity index (χ3v) is 3.89. The number of aromatic nitrogens is 1. The van der Waals surface area contributed by atoms with Crippen molar-refractivity contribution >= 4 is 23.0 Å². The Labute approximate surface area is 128 Å². The average Bonchev–Trinajstić information content (AvgIpc) is 2.98. The summed E-state index contributed by atoms with van der Waals surface area (Å²) in [6, 6.07) is 7.65. The highest BCUT2D eigenvalue weighted by Gasteiger charge is 2.30. The molecule has 1 aliphatic rings. The number of benzene rings is 1. The molecule has 6 heteroatoms. The van der Waals surface area contributed by atoms with Crippen LogP contribution in [0, 0.1) is 0 Å². The van der Waals surface area contributed by atoms with Crippen molar-refractivity contribution in [2.24, 2.45) is 0 Å². The molecule has 1 amide bonds. The van der Waals surface area contributed by atoms with Crippen LogP contribution < -0.4 is 0 Å². The van der Waals surface area contributed by atoms with Gasteiger partial charge in [-0.3, -0.25) is 4.79 Å². The molecule has 0 radical (unpaired) electrons. The Morgan fingerprint density at radius 1 is 1.32 bits per heavy atom. The zero-order chi connectivity index (χ0) is 15.5. The summed E-state index contributed by atoms with van der Waals surface area (Å²) >= 11 is 0. The topological polar surface area (TPSA) is 72.6 Å². The van der Waals surface area contributed by atoms with Gasteiger partial charge in [-0.25, -0.2) is 9.78 Å². The predicted molar refractivity (Wildman–Crippen MR) is 79.2 cm³/mol. The molecule has 1 aromatic carbocycles. The number of amides is 1. The van der Waals surface area contributed by atoms with Gasteiger partial charge in [-0.2, -0.15) is 0 Å². The van der Waals surface area contributed by atoms with Crippen molar-refractivity contribution in [3.8, 4) is 0 Å². The van der Waals surface area contributed by atoms with Gasteiger partial charge in [0.05, 0.1) is 6.61 Å². The number of fused-ring (bicyclic) bond motifs is 1. The van der Waals surface area contributed by atoms with Crippen molar-refractivity contribution < 1.29 is 18.7 Å². The summed E-state index contributed by atoms with van der Waals surface area (Å²) in [7, 11) is 0. The zero-order valence-electron chi connectivity index (χ0n) is 12.4. The van der Waals surface area contributed by atoms with E-state index in [4.69, 9.17) is 9.15 Å². The first-order valence-corrected chi connectivity index (χ1v) is 7.50. The minimum Gasteiger partial charge on any atom is -0.459 e. The Morgan fingerprint density at radius 2 is 2.05 bits per heavy atom. The number of ether oxygens (including phenoxy) is 1. The molecular weight excluding hydrogens is 284 g/mol. The van der Waals surface area contributed by atoms with Gasteiger partial charge >= 0.3 is 11.9 Å². The van der Waals surface area contributed by atoms with Gasteiger partial charge in [0.2, 0.25) is 0 Å². The number of carbonyl (C=O) groups is 2. The van der Waals surface area contributed by atoms with Gasteiger partial charge in [-0.1, -0.05) is 12.1 Å². The summed E-state index contributed by atoms with van der Waals surface area (Å²) in [5.41, 5.74) is 1.63. The first kappa shape index (κ1) is 14.6. The Morgan fingerprint density at radius 3 is 2.73 bits per heavy atom. The molecule has 0 bridgehead atoms. The van der Waals surface area contributed by atoms with E-state index in [1.165, 1.54) is 4.90 Å². The van der Waals surface area contributed by atoms with Gasteiger partial charge in [-0.05, 0) is 31.9 Å². The molecular formula is C16H18N2O4. The number of rotatable bonds is 2. The summed E-state index contributed by atoms with van der Waals surface area (Å²) in [6.07, 6.45) is 1.47. The monoisotopic (exact) mass is 302 g/mol. The Hall–Kier alpha value is -2.37. The maximum atomic E-state index is 11.9. The molecule has 22 heavy (non-hydrogen) atoms. The second-order valence-corrected chi connectivity index (χ2v) is 5.31. The molecule has 2 aromatic rings. The summed E-state index contributed by atoms with van der Waals surface area (Å²) in [4.78, 5) is 29.4. The standard InChI is InChI=1S/C16H18N2O4/c1-2-21-16(20)15(19)18-9-7-11(8-10-18)14-17-12-5-3-4-6-13(12)22-14/h3-6,11H,2,7-10H2,1H3. The molecule has 1 aliphatic heterocycles. The van der Waals surface area contributed by atoms with Crippen LogP contribution in [-0.2, 0) is 14.3 Å². The molecule has 3 rings (SSSR count). The fraction of sp³-hybridized carbons (Fsp3) is 0.438. The van der Waals surface area contributed by atoms with Crippen LogP contribution in [0.4, 0.5) is 0 Å². The van der Waals surface area contributed by atoms with Crippen molar-refractivity contribution in [2.75, 3.05) is 19.7 Å². The van der Waals surface area contributed by atoms with E-state index < -0.39 is 11.9 Å². The van der Waals surface area contributed by atoms with E-state index in [1.807, 2.05) is 24.3 Å². The second-order valence-electron chi connectivity index (χ2n) is 5.31. The van der Waals surface area contributed by atoms with Crippen LogP contribution in [0.1, 0.15) is 31.6 Å². The number of piperidine rings is 1. The number of nitrogens with zero attached hydrogens (tertiary/aromatic N) is 2. The lowest BCUT2D eigenvalue weighted by Gasteiger charge is -2.29. The number of hydrogen-bond donors (Lipinski definition) is 0. The third kappa shape index (κ3) is 2.81. The Bertz CT molecular complexity index is 653. The van der Waals surface area contributed by atoms with Crippen LogP contribution in [0.15, 0.2) is 28.7 Å². The molecule has 0 spiro atoms. The lowest BCUT2D eigenvalue weighted by atomic mass is 9.97. The molecule has 2 heterocycles. The fourth-order valence-corrected chi connectivity index (χ4v) is 2.72. The van der Waals surface area contributed by atoms with Crippen molar-refractivity contribution in [1.29, 1.82) is 0 Å². The molecule has 6 nitrogen and oxygen atoms in total. The fourth-order valence-electron chi connectivity index (χ4n) is 2.72. The van der Waals surface area contributed by atoms with Crippen LogP contribution in [-0.4, -0.2) is 41.5 Å². The van der Waals surface area contributed by atoms with E-state index in [0.29, 0.717) is 19.0 Å². The number of hydrogen-bond acceptors (Lipinski definition) is 5. The van der Waals surface area contributed by atoms with E-state index in [1.54, 1.807) is 6.92 Å². The molecule has 1 saturated heterocycles. The van der Waals surface area contributed by atoms with E-state index >= 15 is 0 Å². The van der Waals surface area contributed by atoms with Crippen molar-refractivity contribution in [3.05, 3.63) is 30.2 Å². The number of carbonyl (C=O) groups excluding carboxylic acids is 2. The van der Waals surface area contributed by atoms with Crippen molar-refractivity contribution in [2.45, 2.75) is 25.7 Å². The van der Waals surface area contributed by atoms with Crippen molar-refractivity contribution in [3.63, 3.8) is 0 Å². The van der Waals surface area contributed by atoms with E-state index in [-0.39, 0.29) is 12.5 Å². The molecule has 1 fully saturated rings. The molecule has 0 aliphatic carbocycles. The van der Waals surface area contributed by atoms with Crippen LogP contribution in [0.3, 0.4) is 0 Å².